The number of nitrogens with zero attached hydrogens (tertiary/aromatic N) is 5. The number of ether oxygens (including phenoxy) is 3. The number of sulfone groups is 5. The van der Waals surface area contributed by atoms with Crippen molar-refractivity contribution in [3.05, 3.63) is 293 Å². The lowest BCUT2D eigenvalue weighted by Gasteiger charge is -2.28. The molecule has 10 aromatic rings. The zero-order valence-electron chi connectivity index (χ0n) is 84.5. The molecule has 0 radical (unpaired) electrons. The summed E-state index contributed by atoms with van der Waals surface area (Å²) in [6.07, 6.45) is 12.7. The number of nitrogens with two attached hydrogens (primary N) is 1. The Morgan fingerprint density at radius 1 is 0.304 bits per heavy atom. The number of nitrogen functional groups attached to an aromatic ring is 1. The maximum Gasteiger partial charge on any atom is 0.257 e. The Morgan fingerprint density at radius 2 is 0.541 bits per heavy atom. The number of aromatic hydroxyl groups is 2. The van der Waals surface area contributed by atoms with Crippen LogP contribution in [0.2, 0.25) is 0 Å². The van der Waals surface area contributed by atoms with E-state index in [0.29, 0.717) is 114 Å². The number of benzene rings is 10. The monoisotopic (exact) mass is 2110 g/mol. The predicted octanol–water partition coefficient (Wildman–Crippen LogP) is 14.1. The molecule has 0 saturated heterocycles. The van der Waals surface area contributed by atoms with Gasteiger partial charge in [0, 0.05) is 93.4 Å². The Balaban J connectivity index is 0.000000139. The van der Waals surface area contributed by atoms with Gasteiger partial charge in [-0.05, 0) is 230 Å². The Labute approximate surface area is 862 Å². The van der Waals surface area contributed by atoms with Crippen LogP contribution in [0.1, 0.15) is 217 Å². The van der Waals surface area contributed by atoms with Crippen LogP contribution in [0.5, 0.6) is 28.7 Å². The number of fused-ring (bicyclic) bond motifs is 5. The van der Waals surface area contributed by atoms with Gasteiger partial charge in [0.05, 0.1) is 131 Å². The van der Waals surface area contributed by atoms with Gasteiger partial charge in [-0.3, -0.25) is 43.2 Å². The van der Waals surface area contributed by atoms with Crippen LogP contribution in [0.25, 0.3) is 0 Å². The van der Waals surface area contributed by atoms with Gasteiger partial charge < -0.3 is 75.9 Å². The third kappa shape index (κ3) is 25.8. The molecule has 34 nitrogen and oxygen atoms in total. The van der Waals surface area contributed by atoms with Gasteiger partial charge in [-0.15, -0.1) is 0 Å². The first-order chi connectivity index (χ1) is 69.8. The summed E-state index contributed by atoms with van der Waals surface area (Å²) in [6.45, 7) is 10.7. The topological polar surface area (TPSA) is 483 Å². The number of carbonyl (C=O) groups is 9. The number of carbonyl (C=O) groups excluding carboxylic acids is 9. The summed E-state index contributed by atoms with van der Waals surface area (Å²) in [4.78, 5) is 123. The normalized spacial score (nSPS) is 16.5. The minimum absolute atomic E-state index is 0.00594. The molecule has 0 bridgehead atoms. The number of phenolic OH excluding ortho intramolecular Hbond substituents is 2. The summed E-state index contributed by atoms with van der Waals surface area (Å²) in [7, 11) is -12.3. The van der Waals surface area contributed by atoms with E-state index in [1.165, 1.54) is 48.7 Å². The molecule has 0 spiro atoms. The third-order valence-electron chi connectivity index (χ3n) is 27.6. The van der Waals surface area contributed by atoms with E-state index < -0.39 is 79.4 Å². The molecule has 148 heavy (non-hydrogen) atoms. The number of nitrogens with one attached hydrogen (secondary N) is 4. The van der Waals surface area contributed by atoms with Crippen LogP contribution < -0.4 is 41.2 Å². The van der Waals surface area contributed by atoms with Crippen molar-refractivity contribution in [2.24, 2.45) is 23.7 Å². The van der Waals surface area contributed by atoms with Gasteiger partial charge in [0.1, 0.15) is 66.4 Å². The first-order valence-corrected chi connectivity index (χ1v) is 58.7. The smallest absolute Gasteiger partial charge is 0.257 e. The van der Waals surface area contributed by atoms with Crippen LogP contribution in [0, 0.1) is 58.3 Å². The average Bonchev–Trinajstić information content (AvgIpc) is 1.65. The van der Waals surface area contributed by atoms with Crippen LogP contribution in [0.4, 0.5) is 28.4 Å². The number of hydrogen-bond acceptors (Lipinski definition) is 25. The highest BCUT2D eigenvalue weighted by Crippen LogP contribution is 2.47. The van der Waals surface area contributed by atoms with Crippen LogP contribution in [-0.2, 0) is 101 Å². The maximum atomic E-state index is 13.4. The number of amides is 9. The molecule has 5 heterocycles. The molecule has 8 N–H and O–H groups in total. The molecule has 0 aromatic heterocycles. The molecule has 19 rings (SSSR count). The van der Waals surface area contributed by atoms with Crippen LogP contribution in [0.15, 0.2) is 182 Å². The fourth-order valence-corrected chi connectivity index (χ4v) is 23.8. The lowest BCUT2D eigenvalue weighted by molar-refractivity contribution is -0.118. The van der Waals surface area contributed by atoms with Gasteiger partial charge in [0.25, 0.3) is 29.5 Å². The highest BCUT2D eigenvalue weighted by atomic mass is 32.2. The first kappa shape index (κ1) is 108. The fourth-order valence-electron chi connectivity index (χ4n) is 19.1. The van der Waals surface area contributed by atoms with Crippen molar-refractivity contribution < 1.29 is 110 Å². The molecule has 5 aliphatic heterocycles. The van der Waals surface area contributed by atoms with E-state index in [9.17, 15) is 95.5 Å². The minimum Gasteiger partial charge on any atom is -0.508 e. The third-order valence-corrected chi connectivity index (χ3v) is 32.2. The molecule has 782 valence electrons. The number of phenols is 2. The van der Waals surface area contributed by atoms with Crippen molar-refractivity contribution in [1.82, 2.24) is 24.5 Å². The van der Waals surface area contributed by atoms with Gasteiger partial charge in [-0.25, -0.2) is 42.1 Å². The molecule has 4 fully saturated rings. The maximum absolute atomic E-state index is 13.4. The lowest BCUT2D eigenvalue weighted by Crippen LogP contribution is -2.34. The Kier molecular flexibility index (Phi) is 32.0. The predicted molar refractivity (Wildman–Crippen MR) is 563 cm³/mol. The zero-order chi connectivity index (χ0) is 107. The second kappa shape index (κ2) is 43.8. The number of anilines is 5. The first-order valence-electron chi connectivity index (χ1n) is 48.4. The largest absolute Gasteiger partial charge is 0.508 e. The van der Waals surface area contributed by atoms with Gasteiger partial charge in [0.15, 0.2) is 11.5 Å². The summed E-state index contributed by atoms with van der Waals surface area (Å²) in [5.41, 5.74) is 22.1. The van der Waals surface area contributed by atoms with Gasteiger partial charge >= 0.3 is 0 Å². The standard InChI is InChI=1S/C23H26N2O5S.C23H26N2O4S.2C22H24N2O5S.C19H22N2O5S/c1-14-11-16(9-10-20(14)30-2)19(13-31(3,28)29)25-12-17-5-4-6-18(21(17)23(25)27)24-22(26)15-7-8-15;1-14-7-8-17(11-15(14)2)20(13-30(3,28)29)25-12-18-5-4-6-19(21(18)23(25)27)24-22(26)16-9-10-16;2*1-13-10-15(8-9-19(13)25)18(12-30(2,28)29)24-11-16-4-3-5-17(20(16)22(24)27)23-21(26)14-6-7-14;1-25-16-8-7-12(9-17(16)26-2)15(11-27(3,23)24)21-10-13-5-4-6-14(20)18(13)19(21)22/h4-6,9-11,15,19H,7-8,12-13H2,1-3H3,(H,24,26);4-8,11,16,20H,9-10,12-13H2,1-3H3,(H,24,26);2*3-5,8-10,14,18,25H,6-7,11-12H2,1-2H3,(H,23,26);4-9,15H,10-11,20H2,1-3H3. The van der Waals surface area contributed by atoms with Crippen molar-refractivity contribution in [2.75, 3.05) is 108 Å². The summed E-state index contributed by atoms with van der Waals surface area (Å²) in [5, 5.41) is 31.2. The second-order valence-corrected chi connectivity index (χ2v) is 50.7. The SMILES string of the molecule is COc1ccc(C(CS(C)(=O)=O)N2Cc3cccc(N)c3C2=O)cc1OC.COc1ccc(C(CS(C)(=O)=O)N2Cc3cccc(NC(=O)C4CC4)c3C2=O)cc1C.Cc1cc(C(CS(C)(=O)=O)N2Cc3cccc(NC(=O)C4CC4)c3C2=O)ccc1O.Cc1cc(C(CS(C)(=O)=O)N2Cc3cccc(NC(=O)C4CC4)c3C2=O)ccc1O.Cc1ccc(C(CS(C)(=O)=O)N2Cc3cccc(NC(=O)C4CC4)c3C2=O)cc1C. The number of aryl methyl sites for hydroxylation is 5. The van der Waals surface area contributed by atoms with E-state index in [4.69, 9.17) is 19.9 Å². The number of hydrogen-bond donors (Lipinski definition) is 7. The van der Waals surface area contributed by atoms with E-state index in [2.05, 4.69) is 21.3 Å². The zero-order valence-corrected chi connectivity index (χ0v) is 88.6. The van der Waals surface area contributed by atoms with Crippen molar-refractivity contribution in [3.63, 3.8) is 0 Å². The number of rotatable bonds is 31. The quantitative estimate of drug-likeness (QED) is 0.0198. The lowest BCUT2D eigenvalue weighted by atomic mass is 10.0. The molecule has 4 saturated carbocycles. The number of methoxy groups -OCH3 is 3. The highest BCUT2D eigenvalue weighted by molar-refractivity contribution is 7.91. The van der Waals surface area contributed by atoms with E-state index in [1.54, 1.807) is 145 Å². The highest BCUT2D eigenvalue weighted by Gasteiger charge is 2.46. The van der Waals surface area contributed by atoms with Gasteiger partial charge in [-0.1, -0.05) is 121 Å². The van der Waals surface area contributed by atoms with E-state index in [-0.39, 0.29) is 137 Å². The minimum atomic E-state index is -3.40. The molecule has 4 aliphatic carbocycles. The van der Waals surface area contributed by atoms with Crippen LogP contribution in [-0.4, -0.2) is 211 Å². The fraction of sp³-hybridized carbons (Fsp3) is 0.367. The summed E-state index contributed by atoms with van der Waals surface area (Å²) < 4.78 is 138. The van der Waals surface area contributed by atoms with Crippen LogP contribution in [0.3, 0.4) is 0 Å². The molecule has 10 aromatic carbocycles. The van der Waals surface area contributed by atoms with E-state index in [1.807, 2.05) is 81.4 Å². The Morgan fingerprint density at radius 3 is 0.791 bits per heavy atom. The Bertz CT molecular complexity index is 7180. The molecular formula is C109H122N10O24S5. The molecule has 5 unspecified atom stereocenters. The molecule has 5 atom stereocenters. The van der Waals surface area contributed by atoms with Gasteiger partial charge in [0.2, 0.25) is 23.6 Å². The summed E-state index contributed by atoms with van der Waals surface area (Å²) in [5.74, 6) is -0.766. The molecule has 39 heteroatoms. The van der Waals surface area contributed by atoms with Crippen molar-refractivity contribution in [3.8, 4) is 28.7 Å². The molecule has 9 aliphatic rings. The van der Waals surface area contributed by atoms with E-state index in [0.717, 1.165) is 126 Å². The van der Waals surface area contributed by atoms with Crippen molar-refractivity contribution in [1.29, 1.82) is 0 Å². The average molecular weight is 2120 g/mol. The molecular weight excluding hydrogens is 1990 g/mol. The van der Waals surface area contributed by atoms with E-state index >= 15 is 0 Å². The Hall–Kier alpha value is -14.0. The van der Waals surface area contributed by atoms with Crippen molar-refractivity contribution >= 4 is 131 Å². The summed E-state index contributed by atoms with van der Waals surface area (Å²) in [6, 6.07) is 49.5. The van der Waals surface area contributed by atoms with Crippen molar-refractivity contribution in [2.45, 2.75) is 149 Å². The molecule has 9 amide bonds. The summed E-state index contributed by atoms with van der Waals surface area (Å²) >= 11 is 0. The second-order valence-electron chi connectivity index (χ2n) is 39.8. The van der Waals surface area contributed by atoms with Gasteiger partial charge in [-0.2, -0.15) is 0 Å². The van der Waals surface area contributed by atoms with Crippen LogP contribution >= 0.6 is 0 Å².